The first-order valence-electron chi connectivity index (χ1n) is 16.7. The maximum atomic E-state index is 5.85. The Morgan fingerprint density at radius 1 is 0.551 bits per heavy atom. The van der Waals surface area contributed by atoms with Crippen molar-refractivity contribution in [1.29, 1.82) is 0 Å². The van der Waals surface area contributed by atoms with Crippen LogP contribution in [0.4, 0.5) is 0 Å². The highest BCUT2D eigenvalue weighted by atomic mass is 16.5. The second-order valence-electron chi connectivity index (χ2n) is 14.2. The number of aromatic nitrogens is 3. The molecule has 0 fully saturated rings. The van der Waals surface area contributed by atoms with Crippen LogP contribution >= 0.6 is 0 Å². The Hall–Kier alpha value is -5.82. The molecule has 2 aliphatic rings. The summed E-state index contributed by atoms with van der Waals surface area (Å²) in [6, 6.07) is 36.5. The SMILES string of the molecule is CC1(C)COC(c2ccc(-c3ccc4c(ccc5c6ccc(-c7ccc(C8=NC(C)(C)CO8)cn7)cc6n(-c6ccccc6)c45)c3)nc2)=N1. The van der Waals surface area contributed by atoms with Gasteiger partial charge in [0.2, 0.25) is 11.8 Å². The monoisotopic (exact) mass is 641 g/mol. The van der Waals surface area contributed by atoms with E-state index < -0.39 is 0 Å². The van der Waals surface area contributed by atoms with Crippen LogP contribution in [0.1, 0.15) is 38.8 Å². The first-order chi connectivity index (χ1) is 23.7. The van der Waals surface area contributed by atoms with Crippen molar-refractivity contribution in [3.8, 4) is 28.2 Å². The molecule has 2 aliphatic heterocycles. The van der Waals surface area contributed by atoms with Crippen molar-refractivity contribution >= 4 is 44.4 Å². The maximum Gasteiger partial charge on any atom is 0.218 e. The van der Waals surface area contributed by atoms with Gasteiger partial charge in [-0.1, -0.05) is 54.6 Å². The quantitative estimate of drug-likeness (QED) is 0.188. The number of pyridine rings is 2. The number of para-hydroxylation sites is 1. The van der Waals surface area contributed by atoms with Crippen LogP contribution in [-0.4, -0.2) is 50.6 Å². The minimum Gasteiger partial charge on any atom is -0.475 e. The highest BCUT2D eigenvalue weighted by molar-refractivity contribution is 6.19. The molecule has 7 aromatic rings. The van der Waals surface area contributed by atoms with Gasteiger partial charge < -0.3 is 14.0 Å². The number of hydrogen-bond acceptors (Lipinski definition) is 6. The largest absolute Gasteiger partial charge is 0.475 e. The van der Waals surface area contributed by atoms with Crippen LogP contribution < -0.4 is 0 Å². The molecule has 0 spiro atoms. The molecule has 0 radical (unpaired) electrons. The summed E-state index contributed by atoms with van der Waals surface area (Å²) in [6.45, 7) is 9.45. The zero-order valence-corrected chi connectivity index (χ0v) is 27.9. The summed E-state index contributed by atoms with van der Waals surface area (Å²) in [5.74, 6) is 1.32. The molecule has 0 amide bonds. The van der Waals surface area contributed by atoms with Gasteiger partial charge in [-0.25, -0.2) is 9.98 Å². The molecule has 5 heterocycles. The van der Waals surface area contributed by atoms with Gasteiger partial charge in [-0.3, -0.25) is 9.97 Å². The second-order valence-corrected chi connectivity index (χ2v) is 14.2. The van der Waals surface area contributed by atoms with Crippen molar-refractivity contribution in [2.45, 2.75) is 38.8 Å². The molecule has 9 rings (SSSR count). The first-order valence-corrected chi connectivity index (χ1v) is 16.7. The van der Waals surface area contributed by atoms with E-state index in [1.54, 1.807) is 0 Å². The van der Waals surface area contributed by atoms with Gasteiger partial charge in [0.25, 0.3) is 0 Å². The van der Waals surface area contributed by atoms with E-state index in [-0.39, 0.29) is 11.1 Å². The standard InChI is InChI=1S/C42H35N5O2/c1-41(2)24-48-39(45-41)29-13-18-35(43-22-29)27-11-15-32-26(20-27)10-17-34-33-16-12-28(21-37(33)47(38(32)34)31-8-6-5-7-9-31)36-19-14-30(23-44-36)40-46-42(3,4)25-49-40/h5-23H,24-25H2,1-4H3. The number of benzene rings is 4. The van der Waals surface area contributed by atoms with Crippen molar-refractivity contribution in [2.75, 3.05) is 13.2 Å². The van der Waals surface area contributed by atoms with Gasteiger partial charge in [-0.05, 0) is 81.6 Å². The minimum atomic E-state index is -0.212. The Balaban J connectivity index is 1.14. The predicted molar refractivity (Wildman–Crippen MR) is 198 cm³/mol. The van der Waals surface area contributed by atoms with Gasteiger partial charge in [0.05, 0.1) is 44.6 Å². The molecule has 0 bridgehead atoms. The fraction of sp³-hybridized carbons (Fsp3) is 0.190. The van der Waals surface area contributed by atoms with Crippen LogP contribution in [0.5, 0.6) is 0 Å². The Labute approximate surface area is 284 Å². The van der Waals surface area contributed by atoms with Gasteiger partial charge in [-0.15, -0.1) is 0 Å². The molecule has 0 N–H and O–H groups in total. The van der Waals surface area contributed by atoms with Crippen molar-refractivity contribution in [3.63, 3.8) is 0 Å². The lowest BCUT2D eigenvalue weighted by Crippen LogP contribution is -2.17. The first kappa shape index (κ1) is 29.3. The van der Waals surface area contributed by atoms with E-state index in [4.69, 9.17) is 29.4 Å². The zero-order chi connectivity index (χ0) is 33.3. The average Bonchev–Trinajstić information content (AvgIpc) is 3.79. The Morgan fingerprint density at radius 3 is 1.65 bits per heavy atom. The fourth-order valence-corrected chi connectivity index (χ4v) is 6.85. The Kier molecular flexibility index (Phi) is 6.50. The van der Waals surface area contributed by atoms with E-state index in [1.807, 2.05) is 30.6 Å². The van der Waals surface area contributed by atoms with E-state index in [0.717, 1.165) is 50.2 Å². The third-order valence-corrected chi connectivity index (χ3v) is 9.30. The van der Waals surface area contributed by atoms with E-state index in [9.17, 15) is 0 Å². The zero-order valence-electron chi connectivity index (χ0n) is 27.9. The summed E-state index contributed by atoms with van der Waals surface area (Å²) >= 11 is 0. The highest BCUT2D eigenvalue weighted by Gasteiger charge is 2.28. The van der Waals surface area contributed by atoms with Crippen LogP contribution in [0.25, 0.3) is 60.8 Å². The molecule has 240 valence electrons. The van der Waals surface area contributed by atoms with Crippen molar-refractivity contribution in [3.05, 3.63) is 127 Å². The van der Waals surface area contributed by atoms with Crippen LogP contribution in [0.15, 0.2) is 126 Å². The molecule has 0 aliphatic carbocycles. The maximum absolute atomic E-state index is 5.85. The lowest BCUT2D eigenvalue weighted by atomic mass is 10.0. The summed E-state index contributed by atoms with van der Waals surface area (Å²) in [6.07, 6.45) is 3.71. The molecule has 7 heteroatoms. The summed E-state index contributed by atoms with van der Waals surface area (Å²) in [5.41, 5.74) is 8.70. The summed E-state index contributed by atoms with van der Waals surface area (Å²) in [5, 5.41) is 4.73. The van der Waals surface area contributed by atoms with Crippen LogP contribution in [0, 0.1) is 0 Å². The van der Waals surface area contributed by atoms with Crippen molar-refractivity contribution < 1.29 is 9.47 Å². The molecular weight excluding hydrogens is 606 g/mol. The highest BCUT2D eigenvalue weighted by Crippen LogP contribution is 2.39. The molecule has 0 saturated heterocycles. The predicted octanol–water partition coefficient (Wildman–Crippen LogP) is 9.17. The number of ether oxygens (including phenoxy) is 2. The lowest BCUT2D eigenvalue weighted by molar-refractivity contribution is 0.279. The summed E-state index contributed by atoms with van der Waals surface area (Å²) < 4.78 is 14.1. The lowest BCUT2D eigenvalue weighted by Gasteiger charge is -2.11. The van der Waals surface area contributed by atoms with Gasteiger partial charge in [-0.2, -0.15) is 0 Å². The average molecular weight is 642 g/mol. The molecule has 0 unspecified atom stereocenters. The number of nitrogens with zero attached hydrogens (tertiary/aromatic N) is 5. The molecular formula is C42H35N5O2. The van der Waals surface area contributed by atoms with Crippen LogP contribution in [0.2, 0.25) is 0 Å². The van der Waals surface area contributed by atoms with Crippen LogP contribution in [-0.2, 0) is 9.47 Å². The van der Waals surface area contributed by atoms with Crippen molar-refractivity contribution in [1.82, 2.24) is 14.5 Å². The molecule has 7 nitrogen and oxygen atoms in total. The normalized spacial score (nSPS) is 16.5. The van der Waals surface area contributed by atoms with E-state index in [0.29, 0.717) is 25.0 Å². The smallest absolute Gasteiger partial charge is 0.218 e. The van der Waals surface area contributed by atoms with Gasteiger partial charge in [0.1, 0.15) is 13.2 Å². The minimum absolute atomic E-state index is 0.206. The van der Waals surface area contributed by atoms with Gasteiger partial charge >= 0.3 is 0 Å². The third-order valence-electron chi connectivity index (χ3n) is 9.30. The van der Waals surface area contributed by atoms with Gasteiger partial charge in [0.15, 0.2) is 0 Å². The van der Waals surface area contributed by atoms with Crippen LogP contribution in [0.3, 0.4) is 0 Å². The number of rotatable bonds is 5. The van der Waals surface area contributed by atoms with E-state index >= 15 is 0 Å². The Morgan fingerprint density at radius 2 is 1.10 bits per heavy atom. The fourth-order valence-electron chi connectivity index (χ4n) is 6.85. The third kappa shape index (κ3) is 5.13. The number of hydrogen-bond donors (Lipinski definition) is 0. The second kappa shape index (κ2) is 10.9. The molecule has 0 saturated carbocycles. The summed E-state index contributed by atoms with van der Waals surface area (Å²) in [7, 11) is 0. The number of fused-ring (bicyclic) bond motifs is 5. The Bertz CT molecular complexity index is 2470. The van der Waals surface area contributed by atoms with E-state index in [1.165, 1.54) is 21.7 Å². The topological polar surface area (TPSA) is 73.9 Å². The molecule has 0 atom stereocenters. The molecule has 4 aromatic carbocycles. The van der Waals surface area contributed by atoms with Gasteiger partial charge in [0, 0.05) is 45.4 Å². The molecule has 49 heavy (non-hydrogen) atoms. The number of aliphatic imine (C=N–C) groups is 2. The van der Waals surface area contributed by atoms with E-state index in [2.05, 4.69) is 117 Å². The molecule has 3 aromatic heterocycles. The van der Waals surface area contributed by atoms with Crippen molar-refractivity contribution in [2.24, 2.45) is 9.98 Å². The summed E-state index contributed by atoms with van der Waals surface area (Å²) in [4.78, 5) is 19.0.